The highest BCUT2D eigenvalue weighted by molar-refractivity contribution is 5.95. The third-order valence-corrected chi connectivity index (χ3v) is 3.91. The summed E-state index contributed by atoms with van der Waals surface area (Å²) in [6.45, 7) is 5.42. The van der Waals surface area contributed by atoms with Crippen LogP contribution in [0.4, 0.5) is 18.9 Å². The molecular weight excluding hydrogens is 357 g/mol. The summed E-state index contributed by atoms with van der Waals surface area (Å²) in [5.41, 5.74) is 0.807. The average Bonchev–Trinajstić information content (AvgIpc) is 2.63. The van der Waals surface area contributed by atoms with E-state index >= 15 is 0 Å². The summed E-state index contributed by atoms with van der Waals surface area (Å²) in [7, 11) is 0. The molecule has 0 fully saturated rings. The van der Waals surface area contributed by atoms with E-state index in [1.54, 1.807) is 6.92 Å². The second-order valence-corrected chi connectivity index (χ2v) is 6.12. The Morgan fingerprint density at radius 3 is 2.33 bits per heavy atom. The van der Waals surface area contributed by atoms with E-state index in [4.69, 9.17) is 0 Å². The van der Waals surface area contributed by atoms with Crippen LogP contribution in [0, 0.1) is 23.4 Å². The lowest BCUT2D eigenvalue weighted by Gasteiger charge is -2.14. The third kappa shape index (κ3) is 5.99. The molecule has 2 aromatic carbocycles. The first-order chi connectivity index (χ1) is 12.8. The first-order valence-corrected chi connectivity index (χ1v) is 8.27. The lowest BCUT2D eigenvalue weighted by atomic mass is 10.0. The Labute approximate surface area is 155 Å². The van der Waals surface area contributed by atoms with Gasteiger partial charge in [-0.15, -0.1) is 0 Å². The number of nitrogens with one attached hydrogen (secondary N) is 2. The molecule has 142 valence electrons. The molecule has 0 unspecified atom stereocenters. The molecule has 2 aromatic rings. The Balaban J connectivity index is 1.81. The van der Waals surface area contributed by atoms with Gasteiger partial charge in [0.05, 0.1) is 0 Å². The molecule has 0 saturated carbocycles. The number of allylic oxidation sites excluding steroid dienone is 1. The molecule has 2 rings (SSSR count). The lowest BCUT2D eigenvalue weighted by Crippen LogP contribution is -2.24. The number of anilines is 1. The summed E-state index contributed by atoms with van der Waals surface area (Å²) >= 11 is 0. The van der Waals surface area contributed by atoms with Crippen molar-refractivity contribution >= 4 is 17.5 Å². The zero-order valence-corrected chi connectivity index (χ0v) is 14.7. The molecule has 27 heavy (non-hydrogen) atoms. The summed E-state index contributed by atoms with van der Waals surface area (Å²) in [5, 5.41) is 5.17. The van der Waals surface area contributed by atoms with E-state index in [1.807, 2.05) is 0 Å². The number of carbonyl (C=O) groups excluding carboxylic acids is 2. The fourth-order valence-electron chi connectivity index (χ4n) is 2.25. The summed E-state index contributed by atoms with van der Waals surface area (Å²) in [6, 6.07) is 8.25. The van der Waals surface area contributed by atoms with Crippen molar-refractivity contribution in [2.45, 2.75) is 19.8 Å². The van der Waals surface area contributed by atoms with Gasteiger partial charge in [0.2, 0.25) is 5.91 Å². The van der Waals surface area contributed by atoms with E-state index in [-0.39, 0.29) is 17.4 Å². The maximum Gasteiger partial charge on any atom is 0.255 e. The second-order valence-electron chi connectivity index (χ2n) is 6.12. The zero-order chi connectivity index (χ0) is 20.0. The van der Waals surface area contributed by atoms with Crippen LogP contribution in [0.5, 0.6) is 0 Å². The highest BCUT2D eigenvalue weighted by Gasteiger charge is 2.15. The van der Waals surface area contributed by atoms with Crippen LogP contribution in [0.15, 0.2) is 54.7 Å². The highest BCUT2D eigenvalue weighted by Crippen LogP contribution is 2.15. The van der Waals surface area contributed by atoms with Gasteiger partial charge in [-0.3, -0.25) is 9.59 Å². The van der Waals surface area contributed by atoms with E-state index < -0.39 is 23.4 Å². The zero-order valence-electron chi connectivity index (χ0n) is 14.7. The fourth-order valence-corrected chi connectivity index (χ4v) is 2.25. The van der Waals surface area contributed by atoms with Crippen LogP contribution < -0.4 is 10.6 Å². The van der Waals surface area contributed by atoms with Crippen LogP contribution in [0.3, 0.4) is 0 Å². The van der Waals surface area contributed by atoms with E-state index in [2.05, 4.69) is 17.2 Å². The first-order valence-electron chi connectivity index (χ1n) is 8.27. The molecule has 2 amide bonds. The molecule has 0 heterocycles. The largest absolute Gasteiger partial charge is 0.326 e. The van der Waals surface area contributed by atoms with Gasteiger partial charge < -0.3 is 10.6 Å². The summed E-state index contributed by atoms with van der Waals surface area (Å²) < 4.78 is 38.9. The molecule has 7 heteroatoms. The van der Waals surface area contributed by atoms with Crippen LogP contribution >= 0.6 is 0 Å². The van der Waals surface area contributed by atoms with Crippen LogP contribution in [0.2, 0.25) is 0 Å². The maximum absolute atomic E-state index is 13.2. The number of rotatable bonds is 7. The van der Waals surface area contributed by atoms with Crippen molar-refractivity contribution in [2.24, 2.45) is 5.92 Å². The van der Waals surface area contributed by atoms with Gasteiger partial charge in [0.25, 0.3) is 5.91 Å². The van der Waals surface area contributed by atoms with Gasteiger partial charge in [-0.1, -0.05) is 13.5 Å². The molecule has 0 aliphatic heterocycles. The Morgan fingerprint density at radius 1 is 1.04 bits per heavy atom. The molecule has 0 saturated heterocycles. The molecule has 0 aliphatic carbocycles. The number of amides is 2. The second kappa shape index (κ2) is 9.02. The number of carbonyl (C=O) groups is 2. The minimum absolute atomic E-state index is 0.0304. The summed E-state index contributed by atoms with van der Waals surface area (Å²) in [5.74, 6) is -3.78. The van der Waals surface area contributed by atoms with E-state index in [9.17, 15) is 22.8 Å². The van der Waals surface area contributed by atoms with Crippen molar-refractivity contribution in [1.29, 1.82) is 0 Å². The monoisotopic (exact) mass is 376 g/mol. The minimum atomic E-state index is -1.11. The Kier molecular flexibility index (Phi) is 6.76. The van der Waals surface area contributed by atoms with E-state index in [1.165, 1.54) is 30.3 Å². The molecule has 1 atom stereocenters. The number of benzene rings is 2. The minimum Gasteiger partial charge on any atom is -0.326 e. The third-order valence-electron chi connectivity index (χ3n) is 3.91. The molecule has 0 aromatic heterocycles. The Hall–Kier alpha value is -3.09. The van der Waals surface area contributed by atoms with E-state index in [0.29, 0.717) is 24.2 Å². The predicted molar refractivity (Wildman–Crippen MR) is 96.4 cm³/mol. The quantitative estimate of drug-likeness (QED) is 0.752. The number of hydrogen-bond donors (Lipinski definition) is 2. The topological polar surface area (TPSA) is 58.2 Å². The molecule has 0 aliphatic rings. The van der Waals surface area contributed by atoms with Crippen molar-refractivity contribution in [3.8, 4) is 0 Å². The molecular formula is C20H19F3N2O2. The average molecular weight is 376 g/mol. The molecule has 0 radical (unpaired) electrons. The van der Waals surface area contributed by atoms with Gasteiger partial charge >= 0.3 is 0 Å². The van der Waals surface area contributed by atoms with Gasteiger partial charge in [0.15, 0.2) is 11.6 Å². The summed E-state index contributed by atoms with van der Waals surface area (Å²) in [6.07, 6.45) is 0.733. The summed E-state index contributed by atoms with van der Waals surface area (Å²) in [4.78, 5) is 24.1. The van der Waals surface area contributed by atoms with Crippen LogP contribution in [0.1, 0.15) is 30.1 Å². The van der Waals surface area contributed by atoms with Crippen molar-refractivity contribution in [1.82, 2.24) is 5.32 Å². The van der Waals surface area contributed by atoms with Crippen molar-refractivity contribution < 1.29 is 22.8 Å². The van der Waals surface area contributed by atoms with Crippen molar-refractivity contribution in [3.63, 3.8) is 0 Å². The standard InChI is InChI=1S/C20H19F3N2O2/c1-12(19(26)25-16-8-6-15(21)7-9-16)3-4-13(2)24-20(27)14-5-10-17(22)18(23)11-14/h5-12H,2-4H2,1H3,(H,24,27)(H,25,26)/t12-/m0/s1. The fraction of sp³-hybridized carbons (Fsp3) is 0.200. The Bertz CT molecular complexity index is 851. The Morgan fingerprint density at radius 2 is 1.70 bits per heavy atom. The number of hydrogen-bond acceptors (Lipinski definition) is 2. The van der Waals surface area contributed by atoms with Gasteiger partial charge in [0, 0.05) is 22.9 Å². The van der Waals surface area contributed by atoms with Crippen molar-refractivity contribution in [3.05, 3.63) is 77.8 Å². The normalized spacial score (nSPS) is 11.6. The van der Waals surface area contributed by atoms with Crippen molar-refractivity contribution in [2.75, 3.05) is 5.32 Å². The van der Waals surface area contributed by atoms with E-state index in [0.717, 1.165) is 12.1 Å². The molecule has 0 spiro atoms. The van der Waals surface area contributed by atoms with Gasteiger partial charge in [-0.05, 0) is 55.3 Å². The SMILES string of the molecule is C=C(CC[C@H](C)C(=O)Nc1ccc(F)cc1)NC(=O)c1ccc(F)c(F)c1. The molecule has 2 N–H and O–H groups in total. The van der Waals surface area contributed by atoms with Crippen LogP contribution in [-0.4, -0.2) is 11.8 Å². The lowest BCUT2D eigenvalue weighted by molar-refractivity contribution is -0.119. The highest BCUT2D eigenvalue weighted by atomic mass is 19.2. The van der Waals surface area contributed by atoms with Gasteiger partial charge in [-0.25, -0.2) is 13.2 Å². The smallest absolute Gasteiger partial charge is 0.255 e. The maximum atomic E-state index is 13.2. The van der Waals surface area contributed by atoms with Gasteiger partial charge in [0.1, 0.15) is 5.82 Å². The molecule has 0 bridgehead atoms. The molecule has 4 nitrogen and oxygen atoms in total. The van der Waals surface area contributed by atoms with Crippen LogP contribution in [0.25, 0.3) is 0 Å². The number of halogens is 3. The van der Waals surface area contributed by atoms with Crippen LogP contribution in [-0.2, 0) is 4.79 Å². The first kappa shape index (κ1) is 20.2. The predicted octanol–water partition coefficient (Wildman–Crippen LogP) is 4.40. The van der Waals surface area contributed by atoms with Gasteiger partial charge in [-0.2, -0.15) is 0 Å².